The summed E-state index contributed by atoms with van der Waals surface area (Å²) in [6.07, 6.45) is 0.243. The Bertz CT molecular complexity index is 329. The summed E-state index contributed by atoms with van der Waals surface area (Å²) in [6.45, 7) is 0.126. The molecule has 1 aliphatic rings. The van der Waals surface area contributed by atoms with Crippen LogP contribution in [0.15, 0.2) is 0 Å². The first-order chi connectivity index (χ1) is 7.15. The fourth-order valence-corrected chi connectivity index (χ4v) is 1.19. The zero-order valence-electron chi connectivity index (χ0n) is 8.50. The maximum atomic E-state index is 11.4. The van der Waals surface area contributed by atoms with Crippen LogP contribution in [0.1, 0.15) is 19.3 Å². The van der Waals surface area contributed by atoms with Crippen molar-refractivity contribution >= 4 is 17.7 Å². The van der Waals surface area contributed by atoms with Gasteiger partial charge in [-0.25, -0.2) is 0 Å². The van der Waals surface area contributed by atoms with Crippen LogP contribution >= 0.6 is 0 Å². The molecule has 0 atom stereocenters. The molecule has 0 aromatic carbocycles. The minimum atomic E-state index is -0.325. The van der Waals surface area contributed by atoms with E-state index in [0.29, 0.717) is 0 Å². The Hall–Kier alpha value is -1.83. The summed E-state index contributed by atoms with van der Waals surface area (Å²) in [5.41, 5.74) is 0. The van der Waals surface area contributed by atoms with Crippen LogP contribution < -0.4 is 5.32 Å². The van der Waals surface area contributed by atoms with E-state index in [1.165, 1.54) is 7.05 Å². The molecule has 80 valence electrons. The lowest BCUT2D eigenvalue weighted by Crippen LogP contribution is -2.38. The summed E-state index contributed by atoms with van der Waals surface area (Å²) in [5.74, 6) is 4.35. The number of carbonyl (C=O) groups excluding carboxylic acids is 3. The molecule has 0 bridgehead atoms. The summed E-state index contributed by atoms with van der Waals surface area (Å²) in [4.78, 5) is 34.8. The van der Waals surface area contributed by atoms with E-state index in [1.807, 2.05) is 0 Å². The summed E-state index contributed by atoms with van der Waals surface area (Å²) < 4.78 is 0. The van der Waals surface area contributed by atoms with E-state index >= 15 is 0 Å². The van der Waals surface area contributed by atoms with Crippen LogP contribution in [0, 0.1) is 11.8 Å². The van der Waals surface area contributed by atoms with Gasteiger partial charge in [-0.15, -0.1) is 0 Å². The van der Waals surface area contributed by atoms with Crippen molar-refractivity contribution in [2.45, 2.75) is 19.3 Å². The molecular formula is C10H12N2O3. The Balaban J connectivity index is 2.55. The van der Waals surface area contributed by atoms with E-state index in [-0.39, 0.29) is 43.5 Å². The topological polar surface area (TPSA) is 66.5 Å². The first-order valence-corrected chi connectivity index (χ1v) is 4.64. The first kappa shape index (κ1) is 11.2. The molecule has 3 amide bonds. The minimum absolute atomic E-state index is 0.0550. The molecular weight excluding hydrogens is 196 g/mol. The average molecular weight is 208 g/mol. The molecule has 15 heavy (non-hydrogen) atoms. The predicted octanol–water partition coefficient (Wildman–Crippen LogP) is -0.725. The molecule has 5 heteroatoms. The molecule has 0 aromatic rings. The standard InChI is InChI=1S/C10H12N2O3/c1-11-8(13)6-7-12-9(14)4-2-3-5-10(12)15/h4-7H2,1H3,(H,11,13). The summed E-state index contributed by atoms with van der Waals surface area (Å²) >= 11 is 0. The molecule has 5 nitrogen and oxygen atoms in total. The van der Waals surface area contributed by atoms with Gasteiger partial charge in [-0.05, 0) is 0 Å². The van der Waals surface area contributed by atoms with Crippen molar-refractivity contribution in [3.63, 3.8) is 0 Å². The molecule has 0 fully saturated rings. The molecule has 1 heterocycles. The van der Waals surface area contributed by atoms with E-state index < -0.39 is 0 Å². The smallest absolute Gasteiger partial charge is 0.241 e. The van der Waals surface area contributed by atoms with Gasteiger partial charge in [-0.2, -0.15) is 0 Å². The van der Waals surface area contributed by atoms with Crippen molar-refractivity contribution in [1.29, 1.82) is 0 Å². The highest BCUT2D eigenvalue weighted by Crippen LogP contribution is 2.03. The Morgan fingerprint density at radius 1 is 1.33 bits per heavy atom. The number of hydrogen-bond donors (Lipinski definition) is 1. The lowest BCUT2D eigenvalue weighted by molar-refractivity contribution is -0.143. The zero-order valence-corrected chi connectivity index (χ0v) is 8.50. The van der Waals surface area contributed by atoms with Gasteiger partial charge in [0.15, 0.2) is 0 Å². The maximum absolute atomic E-state index is 11.4. The fraction of sp³-hybridized carbons (Fsp3) is 0.500. The third-order valence-corrected chi connectivity index (χ3v) is 2.05. The molecule has 0 spiro atoms. The highest BCUT2D eigenvalue weighted by molar-refractivity contribution is 5.98. The Labute approximate surface area is 87.8 Å². The van der Waals surface area contributed by atoms with Crippen molar-refractivity contribution < 1.29 is 14.4 Å². The molecule has 0 unspecified atom stereocenters. The number of amides is 3. The van der Waals surface area contributed by atoms with Gasteiger partial charge in [-0.3, -0.25) is 19.3 Å². The third kappa shape index (κ3) is 3.09. The SMILES string of the molecule is CNC(=O)CCN1C(=O)CC#CCC1=O. The van der Waals surface area contributed by atoms with Crippen LogP contribution in [0.3, 0.4) is 0 Å². The highest BCUT2D eigenvalue weighted by Gasteiger charge is 2.21. The third-order valence-electron chi connectivity index (χ3n) is 2.05. The van der Waals surface area contributed by atoms with Gasteiger partial charge >= 0.3 is 0 Å². The fourth-order valence-electron chi connectivity index (χ4n) is 1.19. The van der Waals surface area contributed by atoms with E-state index in [0.717, 1.165) is 4.90 Å². The molecule has 0 saturated heterocycles. The van der Waals surface area contributed by atoms with Gasteiger partial charge in [0.2, 0.25) is 17.7 Å². The quantitative estimate of drug-likeness (QED) is 0.491. The molecule has 1 N–H and O–H groups in total. The molecule has 1 aliphatic heterocycles. The van der Waals surface area contributed by atoms with Crippen molar-refractivity contribution in [3.05, 3.63) is 0 Å². The second-order valence-electron chi connectivity index (χ2n) is 3.07. The van der Waals surface area contributed by atoms with Crippen LogP contribution in [-0.4, -0.2) is 36.2 Å². The van der Waals surface area contributed by atoms with Crippen LogP contribution in [0.5, 0.6) is 0 Å². The Kier molecular flexibility index (Phi) is 3.86. The van der Waals surface area contributed by atoms with Gasteiger partial charge in [0.25, 0.3) is 0 Å². The van der Waals surface area contributed by atoms with E-state index in [9.17, 15) is 14.4 Å². The van der Waals surface area contributed by atoms with Crippen LogP contribution in [0.25, 0.3) is 0 Å². The molecule has 0 radical (unpaired) electrons. The normalized spacial score (nSPS) is 15.4. The monoisotopic (exact) mass is 208 g/mol. The minimum Gasteiger partial charge on any atom is -0.359 e. The zero-order chi connectivity index (χ0) is 11.3. The van der Waals surface area contributed by atoms with Gasteiger partial charge in [0.1, 0.15) is 0 Å². The lowest BCUT2D eigenvalue weighted by Gasteiger charge is -2.17. The van der Waals surface area contributed by atoms with E-state index in [4.69, 9.17) is 0 Å². The van der Waals surface area contributed by atoms with Gasteiger partial charge < -0.3 is 5.32 Å². The second-order valence-corrected chi connectivity index (χ2v) is 3.07. The highest BCUT2D eigenvalue weighted by atomic mass is 16.2. The summed E-state index contributed by atoms with van der Waals surface area (Å²) in [7, 11) is 1.51. The van der Waals surface area contributed by atoms with Crippen molar-refractivity contribution in [2.24, 2.45) is 0 Å². The summed E-state index contributed by atoms with van der Waals surface area (Å²) in [6, 6.07) is 0. The van der Waals surface area contributed by atoms with Gasteiger partial charge in [0.05, 0.1) is 12.8 Å². The van der Waals surface area contributed by atoms with Crippen molar-refractivity contribution in [2.75, 3.05) is 13.6 Å². The largest absolute Gasteiger partial charge is 0.359 e. The number of carbonyl (C=O) groups is 3. The molecule has 0 aromatic heterocycles. The predicted molar refractivity (Wildman–Crippen MR) is 52.4 cm³/mol. The van der Waals surface area contributed by atoms with E-state index in [1.54, 1.807) is 0 Å². The van der Waals surface area contributed by atoms with Gasteiger partial charge in [0, 0.05) is 20.0 Å². The Morgan fingerprint density at radius 3 is 2.33 bits per heavy atom. The number of hydrogen-bond acceptors (Lipinski definition) is 3. The molecule has 0 saturated carbocycles. The second kappa shape index (κ2) is 5.15. The van der Waals surface area contributed by atoms with Crippen molar-refractivity contribution in [3.8, 4) is 11.8 Å². The van der Waals surface area contributed by atoms with Crippen LogP contribution in [0.2, 0.25) is 0 Å². The summed E-state index contributed by atoms with van der Waals surface area (Å²) in [5, 5.41) is 2.43. The van der Waals surface area contributed by atoms with Crippen molar-refractivity contribution in [1.82, 2.24) is 10.2 Å². The number of nitrogens with zero attached hydrogens (tertiary/aromatic N) is 1. The Morgan fingerprint density at radius 2 is 1.87 bits per heavy atom. The number of imide groups is 1. The molecule has 0 aliphatic carbocycles. The van der Waals surface area contributed by atoms with Crippen LogP contribution in [0.4, 0.5) is 0 Å². The van der Waals surface area contributed by atoms with E-state index in [2.05, 4.69) is 17.2 Å². The van der Waals surface area contributed by atoms with Crippen LogP contribution in [-0.2, 0) is 14.4 Å². The number of nitrogens with one attached hydrogen (secondary N) is 1. The number of rotatable bonds is 3. The first-order valence-electron chi connectivity index (χ1n) is 4.64. The van der Waals surface area contributed by atoms with Gasteiger partial charge in [-0.1, -0.05) is 11.8 Å². The maximum Gasteiger partial charge on any atom is 0.241 e. The lowest BCUT2D eigenvalue weighted by atomic mass is 10.3. The average Bonchev–Trinajstić information content (AvgIpc) is 2.38. The molecule has 1 rings (SSSR count).